The Labute approximate surface area is 53.3 Å². The fourth-order valence-electron chi connectivity index (χ4n) is 0.500. The Morgan fingerprint density at radius 2 is 2.25 bits per heavy atom. The van der Waals surface area contributed by atoms with Crippen molar-refractivity contribution in [2.45, 2.75) is 12.8 Å². The first-order chi connectivity index (χ1) is 3.79. The Kier molecular flexibility index (Phi) is 1.69. The SMILES string of the molecule is O=C(Cl)/C=C/C1CC1. The standard InChI is InChI=1S/C6H7ClO/c7-6(8)4-3-5-1-2-5/h3-5H,1-2H2/b4-3+. The molecule has 0 spiro atoms. The van der Waals surface area contributed by atoms with Gasteiger partial charge < -0.3 is 0 Å². The molecule has 0 radical (unpaired) electrons. The molecule has 1 nitrogen and oxygen atoms in total. The van der Waals surface area contributed by atoms with Gasteiger partial charge >= 0.3 is 0 Å². The van der Waals surface area contributed by atoms with E-state index in [-0.39, 0.29) is 5.24 Å². The maximum absolute atomic E-state index is 10.1. The van der Waals surface area contributed by atoms with E-state index in [1.807, 2.05) is 6.08 Å². The van der Waals surface area contributed by atoms with Crippen LogP contribution in [0.25, 0.3) is 0 Å². The van der Waals surface area contributed by atoms with E-state index < -0.39 is 0 Å². The van der Waals surface area contributed by atoms with Crippen molar-refractivity contribution in [1.82, 2.24) is 0 Å². The zero-order valence-corrected chi connectivity index (χ0v) is 5.19. The van der Waals surface area contributed by atoms with Gasteiger partial charge in [-0.05, 0) is 36.4 Å². The predicted octanol–water partition coefficient (Wildman–Crippen LogP) is 1.72. The van der Waals surface area contributed by atoms with Crippen molar-refractivity contribution in [3.8, 4) is 0 Å². The molecule has 0 aromatic heterocycles. The summed E-state index contributed by atoms with van der Waals surface area (Å²) < 4.78 is 0. The van der Waals surface area contributed by atoms with Gasteiger partial charge in [-0.25, -0.2) is 0 Å². The number of carbonyl (C=O) groups is 1. The monoisotopic (exact) mass is 130 g/mol. The zero-order chi connectivity index (χ0) is 5.98. The Morgan fingerprint density at radius 1 is 1.62 bits per heavy atom. The van der Waals surface area contributed by atoms with Crippen LogP contribution >= 0.6 is 11.6 Å². The van der Waals surface area contributed by atoms with Crippen LogP contribution in [0.3, 0.4) is 0 Å². The highest BCUT2D eigenvalue weighted by molar-refractivity contribution is 6.66. The van der Waals surface area contributed by atoms with Gasteiger partial charge in [-0.15, -0.1) is 0 Å². The highest BCUT2D eigenvalue weighted by Gasteiger charge is 2.17. The van der Waals surface area contributed by atoms with E-state index in [9.17, 15) is 4.79 Å². The Balaban J connectivity index is 2.23. The normalized spacial score (nSPS) is 19.6. The van der Waals surface area contributed by atoms with Crippen molar-refractivity contribution in [1.29, 1.82) is 0 Å². The Morgan fingerprint density at radius 3 is 2.62 bits per heavy atom. The van der Waals surface area contributed by atoms with E-state index in [2.05, 4.69) is 0 Å². The van der Waals surface area contributed by atoms with Crippen LogP contribution in [-0.4, -0.2) is 5.24 Å². The van der Waals surface area contributed by atoms with E-state index in [0.717, 1.165) is 0 Å². The van der Waals surface area contributed by atoms with Crippen molar-refractivity contribution in [3.63, 3.8) is 0 Å². The first kappa shape index (κ1) is 5.83. The molecule has 8 heavy (non-hydrogen) atoms. The summed E-state index contributed by atoms with van der Waals surface area (Å²) in [4.78, 5) is 10.1. The van der Waals surface area contributed by atoms with Crippen LogP contribution in [0.2, 0.25) is 0 Å². The topological polar surface area (TPSA) is 17.1 Å². The summed E-state index contributed by atoms with van der Waals surface area (Å²) in [5, 5.41) is -0.364. The van der Waals surface area contributed by atoms with Crippen molar-refractivity contribution in [2.75, 3.05) is 0 Å². The van der Waals surface area contributed by atoms with Crippen molar-refractivity contribution in [3.05, 3.63) is 12.2 Å². The molecule has 0 N–H and O–H groups in total. The van der Waals surface area contributed by atoms with Gasteiger partial charge in [0, 0.05) is 0 Å². The molecule has 1 aliphatic carbocycles. The van der Waals surface area contributed by atoms with Crippen molar-refractivity contribution < 1.29 is 4.79 Å². The average Bonchev–Trinajstić information content (AvgIpc) is 2.41. The number of hydrogen-bond acceptors (Lipinski definition) is 1. The zero-order valence-electron chi connectivity index (χ0n) is 4.43. The van der Waals surface area contributed by atoms with Crippen LogP contribution in [0, 0.1) is 5.92 Å². The highest BCUT2D eigenvalue weighted by atomic mass is 35.5. The molecule has 0 heterocycles. The molecule has 0 bridgehead atoms. The molecule has 2 heteroatoms. The second kappa shape index (κ2) is 2.31. The first-order valence-electron chi connectivity index (χ1n) is 2.66. The third-order valence-corrected chi connectivity index (χ3v) is 1.25. The number of allylic oxidation sites excluding steroid dienone is 2. The van der Waals surface area contributed by atoms with Crippen LogP contribution in [0.1, 0.15) is 12.8 Å². The lowest BCUT2D eigenvalue weighted by molar-refractivity contribution is -0.107. The maximum Gasteiger partial charge on any atom is 0.244 e. The summed E-state index contributed by atoms with van der Waals surface area (Å²) in [6.45, 7) is 0. The minimum absolute atomic E-state index is 0.364. The van der Waals surface area contributed by atoms with Gasteiger partial charge in [0.2, 0.25) is 5.24 Å². The summed E-state index contributed by atoms with van der Waals surface area (Å²) in [6, 6.07) is 0. The van der Waals surface area contributed by atoms with Crippen LogP contribution in [0.4, 0.5) is 0 Å². The van der Waals surface area contributed by atoms with Crippen LogP contribution in [-0.2, 0) is 4.79 Å². The van der Waals surface area contributed by atoms with E-state index in [0.29, 0.717) is 5.92 Å². The maximum atomic E-state index is 10.1. The van der Waals surface area contributed by atoms with Gasteiger partial charge in [0.05, 0.1) is 0 Å². The lowest BCUT2D eigenvalue weighted by atomic mass is 10.4. The third-order valence-electron chi connectivity index (χ3n) is 1.12. The van der Waals surface area contributed by atoms with E-state index in [1.54, 1.807) is 0 Å². The number of halogens is 1. The number of rotatable bonds is 2. The fourth-order valence-corrected chi connectivity index (χ4v) is 0.573. The summed E-state index contributed by atoms with van der Waals surface area (Å²) in [7, 11) is 0. The minimum Gasteiger partial charge on any atom is -0.276 e. The molecule has 1 aliphatic rings. The van der Waals surface area contributed by atoms with Crippen LogP contribution in [0.5, 0.6) is 0 Å². The molecule has 1 fully saturated rings. The Bertz CT molecular complexity index is 124. The fraction of sp³-hybridized carbons (Fsp3) is 0.500. The number of carbonyl (C=O) groups excluding carboxylic acids is 1. The lowest BCUT2D eigenvalue weighted by Gasteiger charge is -1.74. The smallest absolute Gasteiger partial charge is 0.244 e. The molecule has 0 aromatic rings. The molecule has 0 aliphatic heterocycles. The molecule has 44 valence electrons. The molecule has 1 rings (SSSR count). The summed E-state index contributed by atoms with van der Waals surface area (Å²) in [6.07, 6.45) is 5.75. The summed E-state index contributed by atoms with van der Waals surface area (Å²) in [5.74, 6) is 0.651. The van der Waals surface area contributed by atoms with Gasteiger partial charge in [-0.3, -0.25) is 4.79 Å². The molecular formula is C6H7ClO. The second-order valence-electron chi connectivity index (χ2n) is 2.00. The summed E-state index contributed by atoms with van der Waals surface area (Å²) in [5.41, 5.74) is 0. The van der Waals surface area contributed by atoms with E-state index in [4.69, 9.17) is 11.6 Å². The predicted molar refractivity (Wildman–Crippen MR) is 32.7 cm³/mol. The van der Waals surface area contributed by atoms with Gasteiger partial charge in [0.1, 0.15) is 0 Å². The van der Waals surface area contributed by atoms with Gasteiger partial charge in [0.15, 0.2) is 0 Å². The molecule has 0 atom stereocenters. The average molecular weight is 131 g/mol. The lowest BCUT2D eigenvalue weighted by Crippen LogP contribution is -1.74. The summed E-state index contributed by atoms with van der Waals surface area (Å²) >= 11 is 5.02. The minimum atomic E-state index is -0.364. The Hall–Kier alpha value is -0.300. The number of hydrogen-bond donors (Lipinski definition) is 0. The van der Waals surface area contributed by atoms with Crippen molar-refractivity contribution in [2.24, 2.45) is 5.92 Å². The van der Waals surface area contributed by atoms with Gasteiger partial charge in [-0.2, -0.15) is 0 Å². The second-order valence-corrected chi connectivity index (χ2v) is 2.37. The van der Waals surface area contributed by atoms with E-state index >= 15 is 0 Å². The van der Waals surface area contributed by atoms with Gasteiger partial charge in [0.25, 0.3) is 0 Å². The molecular weight excluding hydrogens is 124 g/mol. The largest absolute Gasteiger partial charge is 0.276 e. The molecule has 0 unspecified atom stereocenters. The molecule has 1 saturated carbocycles. The highest BCUT2D eigenvalue weighted by Crippen LogP contribution is 2.29. The molecule has 0 amide bonds. The third kappa shape index (κ3) is 2.12. The van der Waals surface area contributed by atoms with Crippen LogP contribution in [0.15, 0.2) is 12.2 Å². The quantitative estimate of drug-likeness (QED) is 0.411. The molecule has 0 aromatic carbocycles. The molecule has 0 saturated heterocycles. The van der Waals surface area contributed by atoms with Crippen molar-refractivity contribution >= 4 is 16.8 Å². The first-order valence-corrected chi connectivity index (χ1v) is 3.04. The van der Waals surface area contributed by atoms with E-state index in [1.165, 1.54) is 18.9 Å². The van der Waals surface area contributed by atoms with Crippen LogP contribution < -0.4 is 0 Å². The van der Waals surface area contributed by atoms with Gasteiger partial charge in [-0.1, -0.05) is 6.08 Å².